The number of hydrogen-bond acceptors (Lipinski definition) is 4. The molecule has 4 unspecified atom stereocenters. The lowest BCUT2D eigenvalue weighted by molar-refractivity contribution is -0.156. The molecular weight excluding hydrogens is 224 g/mol. The summed E-state index contributed by atoms with van der Waals surface area (Å²) in [4.78, 5) is 22.9. The van der Waals surface area contributed by atoms with Crippen molar-refractivity contribution in [3.8, 4) is 0 Å². The van der Waals surface area contributed by atoms with Crippen LogP contribution in [0.4, 0.5) is 0 Å². The van der Waals surface area contributed by atoms with Gasteiger partial charge in [-0.05, 0) is 6.42 Å². The molecule has 0 aliphatic carbocycles. The van der Waals surface area contributed by atoms with Crippen LogP contribution in [0.1, 0.15) is 19.8 Å². The lowest BCUT2D eigenvalue weighted by Gasteiger charge is -2.20. The van der Waals surface area contributed by atoms with E-state index in [1.54, 1.807) is 12.2 Å². The third-order valence-electron chi connectivity index (χ3n) is 3.20. The molecule has 5 nitrogen and oxygen atoms in total. The fourth-order valence-corrected chi connectivity index (χ4v) is 2.30. The number of hydrogen-bond donors (Lipinski definition) is 1. The van der Waals surface area contributed by atoms with E-state index in [1.165, 1.54) is 0 Å². The largest absolute Gasteiger partial charge is 0.481 e. The van der Waals surface area contributed by atoms with E-state index >= 15 is 0 Å². The first-order valence-corrected chi connectivity index (χ1v) is 5.88. The maximum Gasteiger partial charge on any atom is 0.312 e. The number of esters is 1. The molecular formula is C12H16O5. The summed E-state index contributed by atoms with van der Waals surface area (Å²) < 4.78 is 10.5. The van der Waals surface area contributed by atoms with E-state index < -0.39 is 36.0 Å². The van der Waals surface area contributed by atoms with E-state index in [1.807, 2.05) is 6.92 Å². The quantitative estimate of drug-likeness (QED) is 0.440. The topological polar surface area (TPSA) is 72.8 Å². The Morgan fingerprint density at radius 2 is 1.94 bits per heavy atom. The normalized spacial score (nSPS) is 33.9. The van der Waals surface area contributed by atoms with Crippen molar-refractivity contribution in [3.05, 3.63) is 12.2 Å². The highest BCUT2D eigenvalue weighted by Crippen LogP contribution is 2.39. The van der Waals surface area contributed by atoms with Crippen molar-refractivity contribution in [1.82, 2.24) is 0 Å². The summed E-state index contributed by atoms with van der Waals surface area (Å²) >= 11 is 0. The maximum atomic E-state index is 11.8. The standard InChI is InChI=1S/C12H16O5/c1-2-3-6-16-12(15)10-8-5-4-7(17-8)9(10)11(13)14/h4-5,7-10H,2-3,6H2,1H3,(H,13,14). The Balaban J connectivity index is 2.01. The van der Waals surface area contributed by atoms with Gasteiger partial charge in [-0.25, -0.2) is 0 Å². The zero-order valence-corrected chi connectivity index (χ0v) is 9.67. The van der Waals surface area contributed by atoms with E-state index in [4.69, 9.17) is 14.6 Å². The summed E-state index contributed by atoms with van der Waals surface area (Å²) in [6, 6.07) is 0. The Bertz CT molecular complexity index is 349. The highest BCUT2D eigenvalue weighted by molar-refractivity contribution is 5.84. The van der Waals surface area contributed by atoms with E-state index in [2.05, 4.69) is 0 Å². The molecule has 2 aliphatic rings. The van der Waals surface area contributed by atoms with Gasteiger partial charge in [0.15, 0.2) is 0 Å². The number of carboxylic acid groups (broad SMARTS) is 1. The van der Waals surface area contributed by atoms with Gasteiger partial charge in [-0.2, -0.15) is 0 Å². The number of aliphatic carboxylic acids is 1. The van der Waals surface area contributed by atoms with Crippen LogP contribution in [0.3, 0.4) is 0 Å². The Morgan fingerprint density at radius 1 is 1.29 bits per heavy atom. The van der Waals surface area contributed by atoms with Crippen LogP contribution in [0, 0.1) is 11.8 Å². The molecule has 0 radical (unpaired) electrons. The predicted molar refractivity (Wildman–Crippen MR) is 58.3 cm³/mol. The minimum atomic E-state index is -1.00. The van der Waals surface area contributed by atoms with Crippen LogP contribution in [0.5, 0.6) is 0 Å². The van der Waals surface area contributed by atoms with Crippen LogP contribution in [-0.2, 0) is 19.1 Å². The Hall–Kier alpha value is -1.36. The van der Waals surface area contributed by atoms with Crippen molar-refractivity contribution in [2.45, 2.75) is 32.0 Å². The van der Waals surface area contributed by atoms with E-state index in [-0.39, 0.29) is 0 Å². The van der Waals surface area contributed by atoms with Gasteiger partial charge in [0.05, 0.1) is 18.8 Å². The van der Waals surface area contributed by atoms with Gasteiger partial charge in [-0.1, -0.05) is 25.5 Å². The monoisotopic (exact) mass is 240 g/mol. The molecule has 0 saturated carbocycles. The average molecular weight is 240 g/mol. The fraction of sp³-hybridized carbons (Fsp3) is 0.667. The van der Waals surface area contributed by atoms with Crippen LogP contribution in [-0.4, -0.2) is 35.9 Å². The third-order valence-corrected chi connectivity index (χ3v) is 3.20. The lowest BCUT2D eigenvalue weighted by Crippen LogP contribution is -2.37. The number of ether oxygens (including phenoxy) is 2. The van der Waals surface area contributed by atoms with E-state index in [0.29, 0.717) is 6.61 Å². The first-order chi connectivity index (χ1) is 8.15. The SMILES string of the molecule is CCCCOC(=O)C1C2C=CC(O2)C1C(=O)O. The molecule has 2 bridgehead atoms. The van der Waals surface area contributed by atoms with Gasteiger partial charge in [-0.15, -0.1) is 0 Å². The minimum Gasteiger partial charge on any atom is -0.481 e. The summed E-state index contributed by atoms with van der Waals surface area (Å²) in [5, 5.41) is 9.10. The summed E-state index contributed by atoms with van der Waals surface area (Å²) in [6.07, 6.45) is 4.26. The maximum absolute atomic E-state index is 11.8. The number of carboxylic acids is 1. The molecule has 0 spiro atoms. The molecule has 94 valence electrons. The van der Waals surface area contributed by atoms with Gasteiger partial charge in [0.2, 0.25) is 0 Å². The molecule has 0 aromatic rings. The molecule has 17 heavy (non-hydrogen) atoms. The van der Waals surface area contributed by atoms with Crippen molar-refractivity contribution >= 4 is 11.9 Å². The molecule has 0 aromatic heterocycles. The van der Waals surface area contributed by atoms with Gasteiger partial charge in [0, 0.05) is 0 Å². The molecule has 0 amide bonds. The summed E-state index contributed by atoms with van der Waals surface area (Å²) in [5.74, 6) is -2.96. The molecule has 0 aromatic carbocycles. The second-order valence-corrected chi connectivity index (χ2v) is 4.36. The fourth-order valence-electron chi connectivity index (χ4n) is 2.30. The highest BCUT2D eigenvalue weighted by Gasteiger charge is 2.53. The van der Waals surface area contributed by atoms with Gasteiger partial charge in [-0.3, -0.25) is 9.59 Å². The van der Waals surface area contributed by atoms with E-state index in [9.17, 15) is 9.59 Å². The molecule has 1 saturated heterocycles. The third kappa shape index (κ3) is 2.20. The second-order valence-electron chi connectivity index (χ2n) is 4.36. The summed E-state index contributed by atoms with van der Waals surface area (Å²) in [6.45, 7) is 2.34. The van der Waals surface area contributed by atoms with Crippen molar-refractivity contribution in [1.29, 1.82) is 0 Å². The zero-order valence-electron chi connectivity index (χ0n) is 9.67. The summed E-state index contributed by atoms with van der Waals surface area (Å²) in [7, 11) is 0. The Labute approximate surface area is 99.4 Å². The molecule has 2 heterocycles. The highest BCUT2D eigenvalue weighted by atomic mass is 16.5. The molecule has 2 rings (SSSR count). The number of unbranched alkanes of at least 4 members (excludes halogenated alkanes) is 1. The van der Waals surface area contributed by atoms with Crippen LogP contribution in [0.2, 0.25) is 0 Å². The van der Waals surface area contributed by atoms with Crippen molar-refractivity contribution in [2.24, 2.45) is 11.8 Å². The molecule has 4 atom stereocenters. The molecule has 1 N–H and O–H groups in total. The van der Waals surface area contributed by atoms with Gasteiger partial charge in [0.1, 0.15) is 11.8 Å². The lowest BCUT2D eigenvalue weighted by atomic mass is 9.83. The van der Waals surface area contributed by atoms with Crippen molar-refractivity contribution in [2.75, 3.05) is 6.61 Å². The van der Waals surface area contributed by atoms with Gasteiger partial charge in [0.25, 0.3) is 0 Å². The first-order valence-electron chi connectivity index (χ1n) is 5.88. The molecule has 2 aliphatic heterocycles. The van der Waals surface area contributed by atoms with Crippen LogP contribution in [0.15, 0.2) is 12.2 Å². The smallest absolute Gasteiger partial charge is 0.312 e. The Kier molecular flexibility index (Phi) is 3.47. The van der Waals surface area contributed by atoms with Crippen molar-refractivity contribution < 1.29 is 24.2 Å². The van der Waals surface area contributed by atoms with Gasteiger partial charge >= 0.3 is 11.9 Å². The average Bonchev–Trinajstić information content (AvgIpc) is 2.88. The molecule has 5 heteroatoms. The first kappa shape index (κ1) is 12.1. The van der Waals surface area contributed by atoms with Crippen LogP contribution >= 0.6 is 0 Å². The van der Waals surface area contributed by atoms with Gasteiger partial charge < -0.3 is 14.6 Å². The number of fused-ring (bicyclic) bond motifs is 2. The minimum absolute atomic E-state index is 0.347. The second kappa shape index (κ2) is 4.87. The zero-order chi connectivity index (χ0) is 12.4. The van der Waals surface area contributed by atoms with Crippen LogP contribution in [0.25, 0.3) is 0 Å². The Morgan fingerprint density at radius 3 is 2.53 bits per heavy atom. The number of rotatable bonds is 5. The summed E-state index contributed by atoms with van der Waals surface area (Å²) in [5.41, 5.74) is 0. The van der Waals surface area contributed by atoms with Crippen molar-refractivity contribution in [3.63, 3.8) is 0 Å². The number of carbonyl (C=O) groups excluding carboxylic acids is 1. The predicted octanol–water partition coefficient (Wildman–Crippen LogP) is 0.984. The van der Waals surface area contributed by atoms with E-state index in [0.717, 1.165) is 12.8 Å². The van der Waals surface area contributed by atoms with Crippen LogP contribution < -0.4 is 0 Å². The number of carbonyl (C=O) groups is 2. The molecule has 1 fully saturated rings.